The molecule has 134 valence electrons. The van der Waals surface area contributed by atoms with Crippen LogP contribution in [0.2, 0.25) is 0 Å². The van der Waals surface area contributed by atoms with Crippen molar-refractivity contribution in [2.75, 3.05) is 5.32 Å². The Kier molecular flexibility index (Phi) is 5.23. The number of sulfone groups is 1. The molecule has 0 heterocycles. The van der Waals surface area contributed by atoms with Crippen molar-refractivity contribution in [1.82, 2.24) is 0 Å². The Hall–Kier alpha value is -2.34. The smallest absolute Gasteiger partial charge is 0.221 e. The summed E-state index contributed by atoms with van der Waals surface area (Å²) in [5.41, 5.74) is 2.27. The van der Waals surface area contributed by atoms with Gasteiger partial charge < -0.3 is 10.4 Å². The van der Waals surface area contributed by atoms with Gasteiger partial charge in [-0.1, -0.05) is 13.8 Å². The van der Waals surface area contributed by atoms with E-state index < -0.39 is 9.84 Å². The van der Waals surface area contributed by atoms with Crippen molar-refractivity contribution in [3.63, 3.8) is 0 Å². The molecule has 0 aliphatic rings. The number of hydrogen-bond donors (Lipinski definition) is 2. The van der Waals surface area contributed by atoms with Crippen LogP contribution in [0.25, 0.3) is 0 Å². The van der Waals surface area contributed by atoms with Crippen LogP contribution in [0.15, 0.2) is 40.1 Å². The number of rotatable bonds is 4. The van der Waals surface area contributed by atoms with Gasteiger partial charge in [0.05, 0.1) is 9.79 Å². The van der Waals surface area contributed by atoms with Crippen LogP contribution in [-0.2, 0) is 14.6 Å². The number of hydrogen-bond acceptors (Lipinski definition) is 4. The molecule has 5 nitrogen and oxygen atoms in total. The molecular formula is C19H23NO4S. The number of carbonyl (C=O) groups is 1. The first-order valence-electron chi connectivity index (χ1n) is 8.01. The normalized spacial score (nSPS) is 11.6. The number of phenols is 1. The second-order valence-electron chi connectivity index (χ2n) is 6.50. The topological polar surface area (TPSA) is 83.5 Å². The summed E-state index contributed by atoms with van der Waals surface area (Å²) in [4.78, 5) is 11.6. The van der Waals surface area contributed by atoms with Gasteiger partial charge in [0, 0.05) is 12.6 Å². The van der Waals surface area contributed by atoms with E-state index in [2.05, 4.69) is 5.32 Å². The monoisotopic (exact) mass is 361 g/mol. The molecule has 0 radical (unpaired) electrons. The molecule has 0 fully saturated rings. The predicted molar refractivity (Wildman–Crippen MR) is 97.9 cm³/mol. The van der Waals surface area contributed by atoms with Crippen molar-refractivity contribution in [3.05, 3.63) is 47.0 Å². The highest BCUT2D eigenvalue weighted by Crippen LogP contribution is 2.33. The van der Waals surface area contributed by atoms with Gasteiger partial charge in [0.2, 0.25) is 15.7 Å². The van der Waals surface area contributed by atoms with Crippen LogP contribution in [0.3, 0.4) is 0 Å². The highest BCUT2D eigenvalue weighted by molar-refractivity contribution is 7.91. The standard InChI is InChI=1S/C19H23NO4S/c1-11(2)17-10-16(6-7-18(17)22)25(23,24)19-12(3)8-15(9-13(19)4)20-14(5)21/h6-11,22H,1-5H3,(H,20,21). The van der Waals surface area contributed by atoms with Gasteiger partial charge in [-0.25, -0.2) is 8.42 Å². The molecule has 0 bridgehead atoms. The van der Waals surface area contributed by atoms with Gasteiger partial charge in [-0.2, -0.15) is 0 Å². The highest BCUT2D eigenvalue weighted by atomic mass is 32.2. The number of carbonyl (C=O) groups excluding carboxylic acids is 1. The number of amides is 1. The lowest BCUT2D eigenvalue weighted by Gasteiger charge is -2.15. The third kappa shape index (κ3) is 3.85. The minimum absolute atomic E-state index is 0.000475. The molecule has 2 aromatic rings. The quantitative estimate of drug-likeness (QED) is 0.864. The Bertz CT molecular complexity index is 907. The molecule has 0 unspecified atom stereocenters. The first kappa shape index (κ1) is 19.0. The fourth-order valence-electron chi connectivity index (χ4n) is 2.93. The molecule has 2 N–H and O–H groups in total. The summed E-state index contributed by atoms with van der Waals surface area (Å²) >= 11 is 0. The van der Waals surface area contributed by atoms with Crippen molar-refractivity contribution in [2.45, 2.75) is 50.3 Å². The molecule has 1 amide bonds. The predicted octanol–water partition coefficient (Wildman–Crippen LogP) is 3.92. The molecule has 2 rings (SSSR count). The summed E-state index contributed by atoms with van der Waals surface area (Å²) in [6, 6.07) is 7.64. The maximum absolute atomic E-state index is 13.1. The highest BCUT2D eigenvalue weighted by Gasteiger charge is 2.24. The average molecular weight is 361 g/mol. The van der Waals surface area contributed by atoms with E-state index in [-0.39, 0.29) is 27.4 Å². The molecular weight excluding hydrogens is 338 g/mol. The largest absolute Gasteiger partial charge is 0.508 e. The number of nitrogens with one attached hydrogen (secondary N) is 1. The maximum Gasteiger partial charge on any atom is 0.221 e. The number of benzene rings is 2. The van der Waals surface area contributed by atoms with E-state index in [4.69, 9.17) is 0 Å². The number of aromatic hydroxyl groups is 1. The number of anilines is 1. The average Bonchev–Trinajstić information content (AvgIpc) is 2.45. The summed E-state index contributed by atoms with van der Waals surface area (Å²) in [7, 11) is -3.74. The summed E-state index contributed by atoms with van der Waals surface area (Å²) in [5, 5.41) is 12.6. The van der Waals surface area contributed by atoms with Crippen LogP contribution in [0, 0.1) is 13.8 Å². The fourth-order valence-corrected chi connectivity index (χ4v) is 4.66. The fraction of sp³-hybridized carbons (Fsp3) is 0.316. The van der Waals surface area contributed by atoms with Crippen LogP contribution >= 0.6 is 0 Å². The second kappa shape index (κ2) is 6.88. The lowest BCUT2D eigenvalue weighted by Crippen LogP contribution is -2.10. The molecule has 0 aliphatic carbocycles. The zero-order valence-electron chi connectivity index (χ0n) is 15.0. The van der Waals surface area contributed by atoms with Crippen LogP contribution in [0.4, 0.5) is 5.69 Å². The molecule has 25 heavy (non-hydrogen) atoms. The Labute approximate surface area is 148 Å². The zero-order chi connectivity index (χ0) is 18.9. The molecule has 6 heteroatoms. The maximum atomic E-state index is 13.1. The zero-order valence-corrected chi connectivity index (χ0v) is 15.9. The van der Waals surface area contributed by atoms with E-state index in [0.717, 1.165) is 0 Å². The Morgan fingerprint density at radius 1 is 1.08 bits per heavy atom. The van der Waals surface area contributed by atoms with Gasteiger partial charge in [-0.15, -0.1) is 0 Å². The Morgan fingerprint density at radius 2 is 1.64 bits per heavy atom. The molecule has 0 spiro atoms. The number of phenolic OH excluding ortho intramolecular Hbond substituents is 1. The molecule has 0 atom stereocenters. The summed E-state index contributed by atoms with van der Waals surface area (Å²) in [6.45, 7) is 8.59. The lowest BCUT2D eigenvalue weighted by molar-refractivity contribution is -0.114. The van der Waals surface area contributed by atoms with Crippen molar-refractivity contribution < 1.29 is 18.3 Å². The summed E-state index contributed by atoms with van der Waals surface area (Å²) < 4.78 is 26.3. The van der Waals surface area contributed by atoms with Crippen LogP contribution in [0.1, 0.15) is 43.4 Å². The minimum atomic E-state index is -3.74. The lowest BCUT2D eigenvalue weighted by atomic mass is 10.0. The Morgan fingerprint density at radius 3 is 2.12 bits per heavy atom. The summed E-state index contributed by atoms with van der Waals surface area (Å²) in [6.07, 6.45) is 0. The van der Waals surface area contributed by atoms with Crippen molar-refractivity contribution >= 4 is 21.4 Å². The van der Waals surface area contributed by atoms with Gasteiger partial charge in [0.15, 0.2) is 0 Å². The van der Waals surface area contributed by atoms with Gasteiger partial charge in [-0.3, -0.25) is 4.79 Å². The SMILES string of the molecule is CC(=O)Nc1cc(C)c(S(=O)(=O)c2ccc(O)c(C(C)C)c2)c(C)c1. The first-order chi connectivity index (χ1) is 11.5. The molecule has 0 saturated heterocycles. The van der Waals surface area contributed by atoms with Crippen LogP contribution < -0.4 is 5.32 Å². The number of aryl methyl sites for hydroxylation is 2. The van der Waals surface area contributed by atoms with E-state index >= 15 is 0 Å². The van der Waals surface area contributed by atoms with Gasteiger partial charge in [-0.05, 0) is 66.8 Å². The van der Waals surface area contributed by atoms with Crippen molar-refractivity contribution in [3.8, 4) is 5.75 Å². The van der Waals surface area contributed by atoms with E-state index in [1.165, 1.54) is 25.1 Å². The van der Waals surface area contributed by atoms with Crippen LogP contribution in [-0.4, -0.2) is 19.4 Å². The van der Waals surface area contributed by atoms with E-state index in [1.54, 1.807) is 26.0 Å². The second-order valence-corrected chi connectivity index (χ2v) is 8.39. The van der Waals surface area contributed by atoms with Gasteiger partial charge >= 0.3 is 0 Å². The van der Waals surface area contributed by atoms with E-state index in [9.17, 15) is 18.3 Å². The third-order valence-electron chi connectivity index (χ3n) is 3.98. The summed E-state index contributed by atoms with van der Waals surface area (Å²) in [5.74, 6) is -0.127. The molecule has 0 aliphatic heterocycles. The third-order valence-corrected chi connectivity index (χ3v) is 6.04. The van der Waals surface area contributed by atoms with Crippen molar-refractivity contribution in [2.24, 2.45) is 0 Å². The molecule has 0 saturated carbocycles. The van der Waals surface area contributed by atoms with Crippen LogP contribution in [0.5, 0.6) is 5.75 Å². The van der Waals surface area contributed by atoms with E-state index in [0.29, 0.717) is 22.4 Å². The Balaban J connectivity index is 2.61. The van der Waals surface area contributed by atoms with E-state index in [1.807, 2.05) is 13.8 Å². The van der Waals surface area contributed by atoms with Gasteiger partial charge in [0.25, 0.3) is 0 Å². The molecule has 2 aromatic carbocycles. The molecule has 0 aromatic heterocycles. The van der Waals surface area contributed by atoms with Gasteiger partial charge in [0.1, 0.15) is 5.75 Å². The van der Waals surface area contributed by atoms with Crippen molar-refractivity contribution in [1.29, 1.82) is 0 Å². The first-order valence-corrected chi connectivity index (χ1v) is 9.49. The minimum Gasteiger partial charge on any atom is -0.508 e.